The first kappa shape index (κ1) is 21.0. The molecule has 0 bridgehead atoms. The first-order chi connectivity index (χ1) is 15.7. The van der Waals surface area contributed by atoms with Crippen molar-refractivity contribution < 1.29 is 4.74 Å². The number of hydrogen-bond acceptors (Lipinski definition) is 6. The molecule has 2 aliphatic rings. The molecule has 32 heavy (non-hydrogen) atoms. The van der Waals surface area contributed by atoms with Crippen molar-refractivity contribution in [3.8, 4) is 22.3 Å². The Morgan fingerprint density at radius 1 is 1.06 bits per heavy atom. The second-order valence-electron chi connectivity index (χ2n) is 8.94. The van der Waals surface area contributed by atoms with Gasteiger partial charge in [0.25, 0.3) is 0 Å². The number of rotatable bonds is 7. The molecule has 1 aromatic carbocycles. The third-order valence-electron chi connectivity index (χ3n) is 6.73. The van der Waals surface area contributed by atoms with Crippen molar-refractivity contribution >= 4 is 17.2 Å². The van der Waals surface area contributed by atoms with E-state index in [4.69, 9.17) is 4.74 Å². The minimum absolute atomic E-state index is 0.526. The van der Waals surface area contributed by atoms with E-state index in [0.29, 0.717) is 29.1 Å². The topological polar surface area (TPSA) is 70.8 Å². The molecule has 0 spiro atoms. The Bertz CT molecular complexity index is 1120. The lowest BCUT2D eigenvalue weighted by molar-refractivity contribution is 0.338. The molecule has 2 saturated carbocycles. The first-order valence-corrected chi connectivity index (χ1v) is 12.3. The average Bonchev–Trinajstić information content (AvgIpc) is 3.59. The quantitative estimate of drug-likeness (QED) is 0.460. The van der Waals surface area contributed by atoms with Gasteiger partial charge < -0.3 is 10.1 Å². The Balaban J connectivity index is 1.15. The number of aromatic nitrogens is 2. The van der Waals surface area contributed by atoms with Gasteiger partial charge in [-0.05, 0) is 85.8 Å². The summed E-state index contributed by atoms with van der Waals surface area (Å²) in [6.45, 7) is 0.950. The molecule has 5 rings (SSSR count). The number of nitriles is 1. The van der Waals surface area contributed by atoms with E-state index in [2.05, 4.69) is 39.6 Å². The highest BCUT2D eigenvalue weighted by atomic mass is 32.1. The van der Waals surface area contributed by atoms with Crippen LogP contribution in [0.25, 0.3) is 10.4 Å². The van der Waals surface area contributed by atoms with Gasteiger partial charge in [0, 0.05) is 24.9 Å². The fourth-order valence-corrected chi connectivity index (χ4v) is 5.72. The van der Waals surface area contributed by atoms with Crippen LogP contribution in [0.15, 0.2) is 42.7 Å². The van der Waals surface area contributed by atoms with Gasteiger partial charge >= 0.3 is 0 Å². The SMILES string of the molecule is COc1ccc([C@H]2CC[C@H](CNc3cc(-c4cnc(C5CC5)s4)ccn3)CC2)cc1C#N. The molecule has 2 aromatic heterocycles. The molecule has 0 saturated heterocycles. The molecule has 2 fully saturated rings. The molecule has 0 unspecified atom stereocenters. The highest BCUT2D eigenvalue weighted by molar-refractivity contribution is 7.15. The van der Waals surface area contributed by atoms with Gasteiger partial charge in [-0.15, -0.1) is 11.3 Å². The number of nitrogens with one attached hydrogen (secondary N) is 1. The molecular formula is C26H28N4OS. The van der Waals surface area contributed by atoms with Crippen LogP contribution in [0.3, 0.4) is 0 Å². The minimum Gasteiger partial charge on any atom is -0.495 e. The zero-order chi connectivity index (χ0) is 21.9. The van der Waals surface area contributed by atoms with Crippen molar-refractivity contribution in [1.82, 2.24) is 9.97 Å². The molecule has 5 nitrogen and oxygen atoms in total. The van der Waals surface area contributed by atoms with Crippen LogP contribution >= 0.6 is 11.3 Å². The number of thiazole rings is 1. The Morgan fingerprint density at radius 2 is 1.88 bits per heavy atom. The van der Waals surface area contributed by atoms with E-state index >= 15 is 0 Å². The average molecular weight is 445 g/mol. The Morgan fingerprint density at radius 3 is 2.62 bits per heavy atom. The van der Waals surface area contributed by atoms with Crippen molar-refractivity contribution in [3.05, 3.63) is 58.9 Å². The van der Waals surface area contributed by atoms with Crippen molar-refractivity contribution in [2.75, 3.05) is 19.0 Å². The molecule has 164 valence electrons. The van der Waals surface area contributed by atoms with Crippen LogP contribution in [0.2, 0.25) is 0 Å². The van der Waals surface area contributed by atoms with Crippen molar-refractivity contribution in [2.24, 2.45) is 5.92 Å². The molecule has 0 aliphatic heterocycles. The lowest BCUT2D eigenvalue weighted by Gasteiger charge is -2.29. The summed E-state index contributed by atoms with van der Waals surface area (Å²) in [4.78, 5) is 10.4. The fourth-order valence-electron chi connectivity index (χ4n) is 4.64. The summed E-state index contributed by atoms with van der Waals surface area (Å²) in [5.41, 5.74) is 3.09. The van der Waals surface area contributed by atoms with Crippen LogP contribution in [-0.4, -0.2) is 23.6 Å². The summed E-state index contributed by atoms with van der Waals surface area (Å²) in [5.74, 6) is 3.48. The Hall–Kier alpha value is -2.91. The zero-order valence-corrected chi connectivity index (χ0v) is 19.2. The van der Waals surface area contributed by atoms with Crippen LogP contribution in [0.1, 0.15) is 66.5 Å². The molecule has 0 atom stereocenters. The fraction of sp³-hybridized carbons (Fsp3) is 0.423. The molecule has 6 heteroatoms. The van der Waals surface area contributed by atoms with Crippen LogP contribution in [0.4, 0.5) is 5.82 Å². The summed E-state index contributed by atoms with van der Waals surface area (Å²) < 4.78 is 5.28. The summed E-state index contributed by atoms with van der Waals surface area (Å²) in [6.07, 6.45) is 11.2. The lowest BCUT2D eigenvalue weighted by atomic mass is 9.78. The van der Waals surface area contributed by atoms with Gasteiger partial charge in [-0.1, -0.05) is 6.07 Å². The van der Waals surface area contributed by atoms with Gasteiger partial charge in [0.15, 0.2) is 0 Å². The number of nitrogens with zero attached hydrogens (tertiary/aromatic N) is 3. The second-order valence-corrected chi connectivity index (χ2v) is 10.00. The number of pyridine rings is 1. The molecule has 1 N–H and O–H groups in total. The van der Waals surface area contributed by atoms with Crippen LogP contribution in [-0.2, 0) is 0 Å². The lowest BCUT2D eigenvalue weighted by Crippen LogP contribution is -2.21. The maximum Gasteiger partial charge on any atom is 0.136 e. The zero-order valence-electron chi connectivity index (χ0n) is 18.4. The number of anilines is 1. The maximum absolute atomic E-state index is 9.37. The van der Waals surface area contributed by atoms with Crippen molar-refractivity contribution in [2.45, 2.75) is 50.4 Å². The van der Waals surface area contributed by atoms with E-state index in [9.17, 15) is 5.26 Å². The number of methoxy groups -OCH3 is 1. The smallest absolute Gasteiger partial charge is 0.136 e. The molecule has 2 aliphatic carbocycles. The van der Waals surface area contributed by atoms with Gasteiger partial charge in [-0.2, -0.15) is 5.26 Å². The van der Waals surface area contributed by atoms with E-state index in [1.54, 1.807) is 7.11 Å². The van der Waals surface area contributed by atoms with E-state index in [-0.39, 0.29) is 0 Å². The van der Waals surface area contributed by atoms with Crippen molar-refractivity contribution in [3.63, 3.8) is 0 Å². The van der Waals surface area contributed by atoms with Crippen LogP contribution in [0, 0.1) is 17.2 Å². The van der Waals surface area contributed by atoms with E-state index in [1.165, 1.54) is 46.7 Å². The predicted molar refractivity (Wildman–Crippen MR) is 128 cm³/mol. The van der Waals surface area contributed by atoms with Crippen LogP contribution in [0.5, 0.6) is 5.75 Å². The monoisotopic (exact) mass is 444 g/mol. The molecule has 0 amide bonds. The number of benzene rings is 1. The molecule has 3 aromatic rings. The normalized spacial score (nSPS) is 20.5. The predicted octanol–water partition coefficient (Wildman–Crippen LogP) is 6.35. The molecule has 0 radical (unpaired) electrons. The Labute approximate surface area is 193 Å². The second kappa shape index (κ2) is 9.30. The largest absolute Gasteiger partial charge is 0.495 e. The van der Waals surface area contributed by atoms with Crippen molar-refractivity contribution in [1.29, 1.82) is 5.26 Å². The summed E-state index contributed by atoms with van der Waals surface area (Å²) in [7, 11) is 1.61. The van der Waals surface area contributed by atoms with Gasteiger partial charge in [0.1, 0.15) is 17.6 Å². The molecule has 2 heterocycles. The summed E-state index contributed by atoms with van der Waals surface area (Å²) in [5, 5.41) is 14.2. The van der Waals surface area contributed by atoms with Gasteiger partial charge in [0.2, 0.25) is 0 Å². The maximum atomic E-state index is 9.37. The van der Waals surface area contributed by atoms with E-state index in [1.807, 2.05) is 35.9 Å². The first-order valence-electron chi connectivity index (χ1n) is 11.5. The van der Waals surface area contributed by atoms with E-state index < -0.39 is 0 Å². The molecular weight excluding hydrogens is 416 g/mol. The standard InChI is InChI=1S/C26H28N4OS/c1-31-23-9-8-20(12-22(23)14-27)18-4-2-17(3-5-18)15-29-25-13-21(10-11-28-25)24-16-30-26(32-24)19-6-7-19/h8-13,16-19H,2-7,15H2,1H3,(H,28,29)/t17-,18-. The van der Waals surface area contributed by atoms with E-state index in [0.717, 1.165) is 25.2 Å². The van der Waals surface area contributed by atoms with Gasteiger partial charge in [0.05, 0.1) is 22.6 Å². The summed E-state index contributed by atoms with van der Waals surface area (Å²) >= 11 is 1.82. The highest BCUT2D eigenvalue weighted by Crippen LogP contribution is 2.43. The van der Waals surface area contributed by atoms with Crippen LogP contribution < -0.4 is 10.1 Å². The third-order valence-corrected chi connectivity index (χ3v) is 7.94. The van der Waals surface area contributed by atoms with Gasteiger partial charge in [-0.3, -0.25) is 0 Å². The number of hydrogen-bond donors (Lipinski definition) is 1. The van der Waals surface area contributed by atoms with Gasteiger partial charge in [-0.25, -0.2) is 9.97 Å². The third kappa shape index (κ3) is 4.63. The number of ether oxygens (including phenoxy) is 1. The highest BCUT2D eigenvalue weighted by Gasteiger charge is 2.27. The summed E-state index contributed by atoms with van der Waals surface area (Å²) in [6, 6.07) is 12.5. The minimum atomic E-state index is 0.526. The Kier molecular flexibility index (Phi) is 6.09.